The number of benzene rings is 1. The number of H-pyrrole nitrogens is 1. The van der Waals surface area contributed by atoms with E-state index in [-0.39, 0.29) is 40.8 Å². The summed E-state index contributed by atoms with van der Waals surface area (Å²) in [7, 11) is 0. The normalized spacial score (nSPS) is 41.8. The van der Waals surface area contributed by atoms with Crippen LogP contribution in [0.5, 0.6) is 0 Å². The smallest absolute Gasteiger partial charge is 0.185 e. The molecule has 10 atom stereocenters. The second-order valence-corrected chi connectivity index (χ2v) is 16.7. The second-order valence-electron chi connectivity index (χ2n) is 16.7. The Morgan fingerprint density at radius 2 is 1.70 bits per heavy atom. The Morgan fingerprint density at radius 1 is 1.00 bits per heavy atom. The Balaban J connectivity index is 0.000000896. The molecule has 4 N–H and O–H groups in total. The predicted octanol–water partition coefficient (Wildman–Crippen LogP) is 7.27. The van der Waals surface area contributed by atoms with Crippen molar-refractivity contribution >= 4 is 16.7 Å². The first-order valence-corrected chi connectivity index (χ1v) is 18.0. The number of terminal acetylenes is 1. The molecule has 2 aromatic rings. The summed E-state index contributed by atoms with van der Waals surface area (Å²) in [5, 5.41) is 12.0. The van der Waals surface area contributed by atoms with E-state index >= 15 is 0 Å². The van der Waals surface area contributed by atoms with Gasteiger partial charge >= 0.3 is 0 Å². The van der Waals surface area contributed by atoms with Gasteiger partial charge in [0.05, 0.1) is 29.5 Å². The topological polar surface area (TPSA) is 97.6 Å². The van der Waals surface area contributed by atoms with Gasteiger partial charge in [0.15, 0.2) is 5.78 Å². The van der Waals surface area contributed by atoms with Crippen LogP contribution in [-0.4, -0.2) is 50.9 Å². The van der Waals surface area contributed by atoms with Crippen molar-refractivity contribution in [2.24, 2.45) is 34.8 Å². The van der Waals surface area contributed by atoms with E-state index < -0.39 is 16.7 Å². The Labute approximate surface area is 276 Å². The second kappa shape index (κ2) is 10.9. The molecule has 0 amide bonds. The maximum atomic E-state index is 14.1. The first kappa shape index (κ1) is 33.7. The number of ether oxygens (including phenoxy) is 2. The van der Waals surface area contributed by atoms with Crippen molar-refractivity contribution in [1.82, 2.24) is 4.98 Å². The fourth-order valence-corrected chi connectivity index (χ4v) is 11.8. The molecule has 8 rings (SSSR count). The standard InChI is InChI=1S/C36H50N2O4.C2H6.C2H2/c1-18-36(37)27(33(4,5)42-18)17-22-20(31(36)39)9-12-25-29(22)23-16-19-8-11-24-21-10-13-28(32(2,3)40)41-26(21)14-15-34(24,6)35(19,7)30(23)38-25;2*1-2/h9,12,18-19,21,24,26-28,38,40H,8,10-11,13-17,37H2,1-7H3;1-2H3;1-2H/t18?,19?,21?,24?,26?,27-,28?,34+,35-,36-;;/m1../s1. The van der Waals surface area contributed by atoms with Crippen molar-refractivity contribution in [3.05, 3.63) is 34.5 Å². The molecule has 46 heavy (non-hydrogen) atoms. The molecule has 2 aliphatic heterocycles. The van der Waals surface area contributed by atoms with Gasteiger partial charge in [-0.1, -0.05) is 27.7 Å². The van der Waals surface area contributed by atoms with E-state index in [0.29, 0.717) is 17.8 Å². The van der Waals surface area contributed by atoms with Crippen LogP contribution in [-0.2, 0) is 27.7 Å². The number of hydrogen-bond acceptors (Lipinski definition) is 5. The van der Waals surface area contributed by atoms with Crippen LogP contribution in [0.25, 0.3) is 10.9 Å². The summed E-state index contributed by atoms with van der Waals surface area (Å²) in [6, 6.07) is 4.17. The molecular formula is C40H58N2O4. The lowest BCUT2D eigenvalue weighted by Gasteiger charge is -2.63. The van der Waals surface area contributed by atoms with Crippen LogP contribution in [0.3, 0.4) is 0 Å². The van der Waals surface area contributed by atoms with Gasteiger partial charge in [0.1, 0.15) is 5.54 Å². The number of carbonyl (C=O) groups excluding carboxylic acids is 1. The van der Waals surface area contributed by atoms with Crippen LogP contribution >= 0.6 is 0 Å². The van der Waals surface area contributed by atoms with E-state index in [1.807, 2.05) is 40.7 Å². The molecule has 2 saturated carbocycles. The van der Waals surface area contributed by atoms with Crippen molar-refractivity contribution in [3.8, 4) is 12.8 Å². The molecule has 6 unspecified atom stereocenters. The van der Waals surface area contributed by atoms with Gasteiger partial charge in [0.25, 0.3) is 0 Å². The molecule has 6 aliphatic rings. The number of ketones is 1. The van der Waals surface area contributed by atoms with Crippen molar-refractivity contribution in [3.63, 3.8) is 0 Å². The SMILES string of the molecule is C#C.CC.CC1OC(C)(C)[C@H]2Cc3c(ccc4[nH]c5c(c34)CC3CCC4C6CCC(C(C)(C)O)OC6CC[C@]4(C)[C@@]53C)C(=O)[C@@]12N. The lowest BCUT2D eigenvalue weighted by Crippen LogP contribution is -2.62. The quantitative estimate of drug-likeness (QED) is 0.288. The minimum absolute atomic E-state index is 0.0494. The van der Waals surface area contributed by atoms with Crippen LogP contribution in [0, 0.1) is 41.9 Å². The average Bonchev–Trinajstić information content (AvgIpc) is 3.59. The number of Topliss-reactive ketones (excluding diaryl/α,β-unsaturated/α-hetero) is 1. The number of nitrogens with one attached hydrogen (secondary N) is 1. The molecule has 6 heteroatoms. The highest BCUT2D eigenvalue weighted by atomic mass is 16.5. The number of aromatic nitrogens is 1. The number of rotatable bonds is 1. The molecule has 0 spiro atoms. The highest BCUT2D eigenvalue weighted by Gasteiger charge is 2.66. The van der Waals surface area contributed by atoms with E-state index in [2.05, 4.69) is 51.6 Å². The summed E-state index contributed by atoms with van der Waals surface area (Å²) < 4.78 is 13.0. The number of carbonyl (C=O) groups is 1. The first-order valence-electron chi connectivity index (χ1n) is 18.0. The third-order valence-corrected chi connectivity index (χ3v) is 14.2. The molecule has 6 nitrogen and oxygen atoms in total. The number of fused-ring (bicyclic) bond motifs is 12. The lowest BCUT2D eigenvalue weighted by molar-refractivity contribution is -0.210. The van der Waals surface area contributed by atoms with E-state index in [4.69, 9.17) is 15.2 Å². The minimum atomic E-state index is -0.977. The number of hydrogen-bond donors (Lipinski definition) is 3. The van der Waals surface area contributed by atoms with Crippen LogP contribution in [0.15, 0.2) is 12.1 Å². The molecule has 0 radical (unpaired) electrons. The van der Waals surface area contributed by atoms with Crippen molar-refractivity contribution in [2.45, 2.75) is 154 Å². The maximum absolute atomic E-state index is 14.1. The monoisotopic (exact) mass is 630 g/mol. The van der Waals surface area contributed by atoms with Crippen molar-refractivity contribution in [1.29, 1.82) is 0 Å². The van der Waals surface area contributed by atoms with E-state index in [1.54, 1.807) is 0 Å². The Bertz CT molecular complexity index is 1550. The summed E-state index contributed by atoms with van der Waals surface area (Å²) in [5.41, 5.74) is 11.0. The zero-order valence-electron chi connectivity index (χ0n) is 29.8. The average molecular weight is 631 g/mol. The summed E-state index contributed by atoms with van der Waals surface area (Å²) in [6.07, 6.45) is 16.5. The minimum Gasteiger partial charge on any atom is -0.388 e. The van der Waals surface area contributed by atoms with Crippen LogP contribution in [0.4, 0.5) is 0 Å². The molecule has 252 valence electrons. The summed E-state index contributed by atoms with van der Waals surface area (Å²) >= 11 is 0. The maximum Gasteiger partial charge on any atom is 0.185 e. The highest BCUT2D eigenvalue weighted by molar-refractivity contribution is 6.10. The van der Waals surface area contributed by atoms with E-state index in [1.165, 1.54) is 40.6 Å². The van der Waals surface area contributed by atoms with Gasteiger partial charge in [-0.15, -0.1) is 12.8 Å². The Hall–Kier alpha value is -2.17. The van der Waals surface area contributed by atoms with Crippen LogP contribution < -0.4 is 5.73 Å². The highest BCUT2D eigenvalue weighted by Crippen LogP contribution is 2.69. The van der Waals surface area contributed by atoms with Gasteiger partial charge in [0, 0.05) is 33.5 Å². The van der Waals surface area contributed by atoms with E-state index in [0.717, 1.165) is 44.1 Å². The van der Waals surface area contributed by atoms with Crippen molar-refractivity contribution in [2.75, 3.05) is 0 Å². The Morgan fingerprint density at radius 3 is 2.37 bits per heavy atom. The van der Waals surface area contributed by atoms with Gasteiger partial charge in [0.2, 0.25) is 0 Å². The summed E-state index contributed by atoms with van der Waals surface area (Å²) in [4.78, 5) is 18.1. The molecule has 4 aliphatic carbocycles. The molecule has 3 heterocycles. The fourth-order valence-electron chi connectivity index (χ4n) is 11.8. The number of aliphatic hydroxyl groups is 1. The van der Waals surface area contributed by atoms with Crippen LogP contribution in [0.2, 0.25) is 0 Å². The molecule has 1 aromatic heterocycles. The summed E-state index contributed by atoms with van der Waals surface area (Å²) in [6.45, 7) is 19.1. The van der Waals surface area contributed by atoms with E-state index in [9.17, 15) is 9.90 Å². The lowest BCUT2D eigenvalue weighted by atomic mass is 9.43. The third kappa shape index (κ3) is 4.20. The first-order chi connectivity index (χ1) is 21.6. The van der Waals surface area contributed by atoms with Gasteiger partial charge < -0.3 is 25.3 Å². The predicted molar refractivity (Wildman–Crippen MR) is 185 cm³/mol. The molecule has 2 saturated heterocycles. The summed E-state index contributed by atoms with van der Waals surface area (Å²) in [5.74, 6) is 1.78. The molecule has 1 aromatic carbocycles. The number of nitrogens with two attached hydrogens (primary N) is 1. The largest absolute Gasteiger partial charge is 0.388 e. The third-order valence-electron chi connectivity index (χ3n) is 14.2. The zero-order chi connectivity index (χ0) is 33.8. The fraction of sp³-hybridized carbons (Fsp3) is 0.725. The van der Waals surface area contributed by atoms with Gasteiger partial charge in [-0.05, 0) is 132 Å². The zero-order valence-corrected chi connectivity index (χ0v) is 29.8. The number of aromatic amines is 1. The Kier molecular flexibility index (Phi) is 8.01. The van der Waals surface area contributed by atoms with Crippen LogP contribution in [0.1, 0.15) is 128 Å². The molecule has 0 bridgehead atoms. The molecule has 4 fully saturated rings. The molecular weight excluding hydrogens is 572 g/mol. The van der Waals surface area contributed by atoms with Gasteiger partial charge in [-0.2, -0.15) is 0 Å². The van der Waals surface area contributed by atoms with Gasteiger partial charge in [-0.3, -0.25) is 4.79 Å². The van der Waals surface area contributed by atoms with Crippen molar-refractivity contribution < 1.29 is 19.4 Å². The van der Waals surface area contributed by atoms with Gasteiger partial charge in [-0.25, -0.2) is 0 Å².